The molecule has 5 aromatic rings. The van der Waals surface area contributed by atoms with Crippen LogP contribution in [-0.2, 0) is 31.7 Å². The number of imidazole rings is 2. The number of nitrogens with one attached hydrogen (secondary N) is 1. The Bertz CT molecular complexity index is 1930. The van der Waals surface area contributed by atoms with E-state index < -0.39 is 31.0 Å². The number of hydrogen-bond donors (Lipinski definition) is 5. The standard InChI is InChI=1S/C28H34BrN8O8PS/c1-4-43-28(2,3)9-10-42-14-17-11-37(34-33-17)18-7-5-16(6-8-18)19-12-36-25(40)22-24(32-27(36)30-19)35(26(29)31-22)13-20(38)23-21(39)15-44-46(41,47)45-23/h5-8,11-12,20-21,23,38-39,41,47H,4,9-10,13-15H2,1-3H3/p+1/t20-,21?,23?,46?/m1/s1. The van der Waals surface area contributed by atoms with Crippen LogP contribution in [0.1, 0.15) is 32.9 Å². The van der Waals surface area contributed by atoms with Crippen molar-refractivity contribution in [1.29, 1.82) is 0 Å². The summed E-state index contributed by atoms with van der Waals surface area (Å²) in [6.45, 7) is 7.17. The summed E-state index contributed by atoms with van der Waals surface area (Å²) in [6.07, 6.45) is 0.514. The van der Waals surface area contributed by atoms with Gasteiger partial charge in [-0.05, 0) is 60.8 Å². The lowest BCUT2D eigenvalue weighted by Gasteiger charge is -2.31. The first-order valence-corrected chi connectivity index (χ1v) is 18.3. The fourth-order valence-corrected chi connectivity index (χ4v) is 7.25. The van der Waals surface area contributed by atoms with Crippen LogP contribution in [-0.4, -0.2) is 97.8 Å². The highest BCUT2D eigenvalue weighted by Crippen LogP contribution is 2.64. The molecule has 47 heavy (non-hydrogen) atoms. The largest absolute Gasteiger partial charge is 0.476 e. The van der Waals surface area contributed by atoms with Crippen LogP contribution in [0, 0.1) is 0 Å². The van der Waals surface area contributed by atoms with Crippen LogP contribution >= 0.6 is 35.3 Å². The molecule has 0 saturated carbocycles. The minimum Gasteiger partial charge on any atom is -0.388 e. The zero-order valence-electron chi connectivity index (χ0n) is 25.7. The van der Waals surface area contributed by atoms with Crippen molar-refractivity contribution >= 4 is 52.3 Å². The zero-order valence-corrected chi connectivity index (χ0v) is 29.1. The fraction of sp³-hybridized carbons (Fsp3) is 0.464. The molecule has 0 aliphatic carbocycles. The summed E-state index contributed by atoms with van der Waals surface area (Å²) < 4.78 is 26.5. The van der Waals surface area contributed by atoms with Gasteiger partial charge in [0.25, 0.3) is 5.56 Å². The first kappa shape index (κ1) is 34.1. The van der Waals surface area contributed by atoms with E-state index in [2.05, 4.69) is 53.4 Å². The van der Waals surface area contributed by atoms with E-state index in [9.17, 15) is 19.9 Å². The van der Waals surface area contributed by atoms with Gasteiger partial charge in [0.2, 0.25) is 5.78 Å². The van der Waals surface area contributed by atoms with Crippen LogP contribution in [0.2, 0.25) is 0 Å². The number of aliphatic hydroxyl groups excluding tert-OH is 2. The van der Waals surface area contributed by atoms with E-state index in [0.717, 1.165) is 17.7 Å². The Morgan fingerprint density at radius 2 is 2.02 bits per heavy atom. The Hall–Kier alpha value is -2.77. The van der Waals surface area contributed by atoms with E-state index >= 15 is 0 Å². The molecule has 3 unspecified atom stereocenters. The van der Waals surface area contributed by atoms with Crippen LogP contribution in [0.3, 0.4) is 0 Å². The summed E-state index contributed by atoms with van der Waals surface area (Å²) in [5.41, 5.74) is 2.53. The van der Waals surface area contributed by atoms with Crippen molar-refractivity contribution in [3.05, 3.63) is 57.4 Å². The molecule has 1 saturated heterocycles. The average Bonchev–Trinajstić information content (AvgIpc) is 3.75. The summed E-state index contributed by atoms with van der Waals surface area (Å²) in [7, 11) is -3.49. The van der Waals surface area contributed by atoms with Gasteiger partial charge in [-0.2, -0.15) is 18.9 Å². The third kappa shape index (κ3) is 7.46. The molecule has 6 rings (SSSR count). The van der Waals surface area contributed by atoms with Crippen molar-refractivity contribution in [3.63, 3.8) is 0 Å². The number of H-pyrrole nitrogens is 1. The first-order valence-electron chi connectivity index (χ1n) is 14.8. The molecule has 4 N–H and O–H groups in total. The number of aromatic nitrogens is 8. The van der Waals surface area contributed by atoms with Gasteiger partial charge in [0.05, 0.1) is 48.6 Å². The van der Waals surface area contributed by atoms with Gasteiger partial charge in [0.1, 0.15) is 24.5 Å². The molecule has 0 radical (unpaired) electrons. The predicted molar refractivity (Wildman–Crippen MR) is 178 cm³/mol. The number of halogens is 1. The molecule has 16 nitrogen and oxygen atoms in total. The van der Waals surface area contributed by atoms with Gasteiger partial charge in [-0.3, -0.25) is 4.79 Å². The molecule has 0 bridgehead atoms. The highest BCUT2D eigenvalue weighted by Gasteiger charge is 2.51. The number of fused-ring (bicyclic) bond motifs is 2. The Kier molecular flexibility index (Phi) is 9.88. The molecule has 0 amide bonds. The average molecular weight is 755 g/mol. The summed E-state index contributed by atoms with van der Waals surface area (Å²) >= 11 is 7.27. The number of aliphatic hydroxyl groups is 2. The second-order valence-electron chi connectivity index (χ2n) is 11.6. The number of hydrogen-bond acceptors (Lipinski definition) is 13. The van der Waals surface area contributed by atoms with Crippen LogP contribution < -0.4 is 5.56 Å². The van der Waals surface area contributed by atoms with Crippen molar-refractivity contribution in [2.24, 2.45) is 0 Å². The number of nitrogens with zero attached hydrogens (tertiary/aromatic N) is 7. The smallest absolute Gasteiger partial charge is 0.388 e. The zero-order chi connectivity index (χ0) is 33.5. The SMILES string of the molecule is CCOC(C)(C)CCOCc1cn(-c2ccc(-c3cn4c(=O)c5nc(Br)n(C[C@@H](O)C6O[P+](O)(S)OCC6O)c5nc4[nH]3)cc2)nn1. The van der Waals surface area contributed by atoms with Crippen LogP contribution in [0.4, 0.5) is 0 Å². The molecular formula is C28H35BrN8O8PS+. The lowest BCUT2D eigenvalue weighted by atomic mass is 10.1. The van der Waals surface area contributed by atoms with Crippen molar-refractivity contribution in [2.75, 3.05) is 19.8 Å². The predicted octanol–water partition coefficient (Wildman–Crippen LogP) is 2.84. The Labute approximate surface area is 282 Å². The maximum atomic E-state index is 13.4. The molecule has 19 heteroatoms. The third-order valence-electron chi connectivity index (χ3n) is 7.68. The summed E-state index contributed by atoms with van der Waals surface area (Å²) in [6, 6.07) is 7.53. The number of aromatic amines is 1. The van der Waals surface area contributed by atoms with Crippen molar-refractivity contribution in [2.45, 2.75) is 64.3 Å². The second-order valence-corrected chi connectivity index (χ2v) is 15.3. The molecule has 4 aromatic heterocycles. The topological polar surface area (TPSA) is 196 Å². The van der Waals surface area contributed by atoms with E-state index in [1.807, 2.05) is 51.2 Å². The normalized spacial score (nSPS) is 21.2. The number of ether oxygens (including phenoxy) is 2. The van der Waals surface area contributed by atoms with Crippen molar-refractivity contribution in [3.8, 4) is 16.9 Å². The fourth-order valence-electron chi connectivity index (χ4n) is 5.22. The molecule has 5 heterocycles. The second kappa shape index (κ2) is 13.6. The molecule has 1 aromatic carbocycles. The number of thiol groups is 1. The summed E-state index contributed by atoms with van der Waals surface area (Å²) in [5, 5.41) is 29.6. The lowest BCUT2D eigenvalue weighted by molar-refractivity contribution is -0.0972. The number of benzene rings is 1. The molecule has 1 aliphatic rings. The van der Waals surface area contributed by atoms with Crippen LogP contribution in [0.15, 0.2) is 46.2 Å². The van der Waals surface area contributed by atoms with Crippen LogP contribution in [0.25, 0.3) is 33.9 Å². The first-order chi connectivity index (χ1) is 22.3. The summed E-state index contributed by atoms with van der Waals surface area (Å²) in [4.78, 5) is 35.6. The Morgan fingerprint density at radius 3 is 2.77 bits per heavy atom. The van der Waals surface area contributed by atoms with Gasteiger partial charge in [-0.25, -0.2) is 14.1 Å². The van der Waals surface area contributed by atoms with Crippen molar-refractivity contribution < 1.29 is 33.6 Å². The van der Waals surface area contributed by atoms with Gasteiger partial charge in [0.15, 0.2) is 22.0 Å². The molecule has 4 atom stereocenters. The lowest BCUT2D eigenvalue weighted by Crippen LogP contribution is -2.46. The van der Waals surface area contributed by atoms with Gasteiger partial charge in [-0.15, -0.1) is 5.10 Å². The van der Waals surface area contributed by atoms with E-state index in [1.165, 1.54) is 8.97 Å². The van der Waals surface area contributed by atoms with E-state index in [1.54, 1.807) is 10.9 Å². The maximum Gasteiger partial charge on any atom is 0.476 e. The van der Waals surface area contributed by atoms with Gasteiger partial charge >= 0.3 is 7.15 Å². The molecule has 252 valence electrons. The maximum absolute atomic E-state index is 13.4. The third-order valence-corrected chi connectivity index (χ3v) is 9.92. The molecule has 1 aliphatic heterocycles. The molecule has 0 spiro atoms. The minimum atomic E-state index is -3.49. The minimum absolute atomic E-state index is 0.0677. The van der Waals surface area contributed by atoms with Gasteiger partial charge in [-0.1, -0.05) is 17.3 Å². The molecular weight excluding hydrogens is 719 g/mol. The van der Waals surface area contributed by atoms with Gasteiger partial charge < -0.3 is 29.2 Å². The number of rotatable bonds is 12. The highest BCUT2D eigenvalue weighted by atomic mass is 79.9. The quantitative estimate of drug-likeness (QED) is 0.0542. The Balaban J connectivity index is 1.17. The van der Waals surface area contributed by atoms with E-state index in [0.29, 0.717) is 31.2 Å². The van der Waals surface area contributed by atoms with Gasteiger partial charge in [0, 0.05) is 19.4 Å². The molecule has 1 fully saturated rings. The van der Waals surface area contributed by atoms with E-state index in [4.69, 9.17) is 18.5 Å². The van der Waals surface area contributed by atoms with Crippen molar-refractivity contribution in [1.82, 2.24) is 38.9 Å². The Morgan fingerprint density at radius 1 is 1.26 bits per heavy atom. The summed E-state index contributed by atoms with van der Waals surface area (Å²) in [5.74, 6) is 0.258. The highest BCUT2D eigenvalue weighted by molar-refractivity contribution is 9.10. The van der Waals surface area contributed by atoms with Crippen LogP contribution in [0.5, 0.6) is 0 Å². The monoisotopic (exact) mass is 753 g/mol. The van der Waals surface area contributed by atoms with E-state index in [-0.39, 0.29) is 40.4 Å².